The Kier molecular flexibility index (Phi) is 3.38. The zero-order valence-corrected chi connectivity index (χ0v) is 11.7. The molecule has 1 aromatic heterocycles. The molecule has 0 aliphatic carbocycles. The van der Waals surface area contributed by atoms with Gasteiger partial charge in [-0.3, -0.25) is 10.1 Å². The van der Waals surface area contributed by atoms with Gasteiger partial charge >= 0.3 is 0 Å². The Labute approximate surface area is 123 Å². The van der Waals surface area contributed by atoms with Gasteiger partial charge in [0.05, 0.1) is 4.92 Å². The van der Waals surface area contributed by atoms with Crippen molar-refractivity contribution in [1.82, 2.24) is 4.98 Å². The molecule has 3 aromatic rings. The van der Waals surface area contributed by atoms with E-state index < -0.39 is 0 Å². The zero-order chi connectivity index (χ0) is 14.1. The number of nitrogens with zero attached hydrogens (tertiary/aromatic N) is 1. The number of non-ortho nitro benzene ring substituents is 1. The molecule has 3 rings (SSSR count). The fraction of sp³-hybridized carbons (Fsp3) is 0. The Morgan fingerprint density at radius 2 is 2.05 bits per heavy atom. The van der Waals surface area contributed by atoms with E-state index in [2.05, 4.69) is 4.98 Å². The van der Waals surface area contributed by atoms with Gasteiger partial charge in [-0.25, -0.2) is 0 Å². The first kappa shape index (κ1) is 13.0. The topological polar surface area (TPSA) is 58.9 Å². The van der Waals surface area contributed by atoms with Crippen LogP contribution in [0.25, 0.3) is 10.9 Å². The molecule has 0 saturated heterocycles. The summed E-state index contributed by atoms with van der Waals surface area (Å²) in [4.78, 5) is 15.4. The van der Waals surface area contributed by atoms with E-state index in [1.165, 1.54) is 17.8 Å². The summed E-state index contributed by atoms with van der Waals surface area (Å²) in [7, 11) is 0. The summed E-state index contributed by atoms with van der Waals surface area (Å²) >= 11 is 7.42. The number of benzene rings is 2. The molecule has 1 heterocycles. The first-order chi connectivity index (χ1) is 9.63. The number of hydrogen-bond donors (Lipinski definition) is 1. The van der Waals surface area contributed by atoms with Crippen LogP contribution in [0, 0.1) is 10.1 Å². The first-order valence-corrected chi connectivity index (χ1v) is 7.02. The second-order valence-electron chi connectivity index (χ2n) is 4.20. The van der Waals surface area contributed by atoms with Crippen molar-refractivity contribution in [2.24, 2.45) is 0 Å². The number of rotatable bonds is 3. The summed E-state index contributed by atoms with van der Waals surface area (Å²) in [5.41, 5.74) is 1.04. The Morgan fingerprint density at radius 1 is 1.20 bits per heavy atom. The van der Waals surface area contributed by atoms with Crippen LogP contribution in [0.1, 0.15) is 0 Å². The lowest BCUT2D eigenvalue weighted by Gasteiger charge is -2.00. The lowest BCUT2D eigenvalue weighted by atomic mass is 10.2. The van der Waals surface area contributed by atoms with Crippen LogP contribution in [0.5, 0.6) is 0 Å². The molecule has 4 nitrogen and oxygen atoms in total. The molecular weight excluding hydrogens is 296 g/mol. The molecule has 0 aliphatic rings. The summed E-state index contributed by atoms with van der Waals surface area (Å²) in [6, 6.07) is 12.2. The normalized spacial score (nSPS) is 10.8. The lowest BCUT2D eigenvalue weighted by molar-refractivity contribution is -0.385. The highest BCUT2D eigenvalue weighted by Crippen LogP contribution is 2.35. The number of aromatic amines is 1. The van der Waals surface area contributed by atoms with Crippen LogP contribution in [0.2, 0.25) is 5.02 Å². The second-order valence-corrected chi connectivity index (χ2v) is 5.75. The predicted molar refractivity (Wildman–Crippen MR) is 80.5 cm³/mol. The Bertz CT molecular complexity index is 801. The minimum atomic E-state index is -0.390. The third-order valence-electron chi connectivity index (χ3n) is 2.86. The largest absolute Gasteiger partial charge is 0.360 e. The maximum atomic E-state index is 10.8. The molecule has 0 fully saturated rings. The van der Waals surface area contributed by atoms with Gasteiger partial charge in [0.2, 0.25) is 0 Å². The van der Waals surface area contributed by atoms with Crippen LogP contribution in [-0.4, -0.2) is 9.91 Å². The quantitative estimate of drug-likeness (QED) is 0.554. The molecule has 100 valence electrons. The van der Waals surface area contributed by atoms with Crippen molar-refractivity contribution in [2.75, 3.05) is 0 Å². The number of nitro benzene ring substituents is 1. The van der Waals surface area contributed by atoms with Crippen LogP contribution in [-0.2, 0) is 0 Å². The van der Waals surface area contributed by atoms with E-state index in [0.717, 1.165) is 20.7 Å². The predicted octanol–water partition coefficient (Wildman–Crippen LogP) is 4.88. The van der Waals surface area contributed by atoms with Crippen LogP contribution in [0.4, 0.5) is 5.69 Å². The first-order valence-electron chi connectivity index (χ1n) is 5.82. The van der Waals surface area contributed by atoms with Crippen molar-refractivity contribution in [2.45, 2.75) is 9.79 Å². The maximum absolute atomic E-state index is 10.8. The van der Waals surface area contributed by atoms with Crippen LogP contribution in [0.15, 0.2) is 58.5 Å². The summed E-state index contributed by atoms with van der Waals surface area (Å²) in [6.45, 7) is 0. The van der Waals surface area contributed by atoms with Gasteiger partial charge in [0.25, 0.3) is 5.69 Å². The number of halogens is 1. The average Bonchev–Trinajstić information content (AvgIpc) is 2.81. The van der Waals surface area contributed by atoms with Gasteiger partial charge in [-0.05, 0) is 18.2 Å². The number of nitrogens with one attached hydrogen (secondary N) is 1. The van der Waals surface area contributed by atoms with Crippen molar-refractivity contribution in [1.29, 1.82) is 0 Å². The van der Waals surface area contributed by atoms with Crippen molar-refractivity contribution in [3.8, 4) is 0 Å². The van der Waals surface area contributed by atoms with Gasteiger partial charge in [0, 0.05) is 44.0 Å². The molecule has 20 heavy (non-hydrogen) atoms. The standard InChI is InChI=1S/C14H9ClN2O2S/c15-9-4-5-12-13(6-9)16-8-14(12)20-11-3-1-2-10(7-11)17(18)19/h1-8,16H. The number of hydrogen-bond acceptors (Lipinski definition) is 3. The fourth-order valence-corrected chi connectivity index (χ4v) is 3.10. The molecular formula is C14H9ClN2O2S. The molecule has 0 unspecified atom stereocenters. The third-order valence-corrected chi connectivity index (χ3v) is 4.14. The van der Waals surface area contributed by atoms with Crippen molar-refractivity contribution < 1.29 is 4.92 Å². The van der Waals surface area contributed by atoms with E-state index in [0.29, 0.717) is 5.02 Å². The molecule has 0 atom stereocenters. The van der Waals surface area contributed by atoms with Gasteiger partial charge in [-0.2, -0.15) is 0 Å². The SMILES string of the molecule is O=[N+]([O-])c1cccc(Sc2c[nH]c3cc(Cl)ccc23)c1. The van der Waals surface area contributed by atoms with E-state index in [9.17, 15) is 10.1 Å². The van der Waals surface area contributed by atoms with Crippen LogP contribution < -0.4 is 0 Å². The van der Waals surface area contributed by atoms with Gasteiger partial charge in [0.1, 0.15) is 0 Å². The van der Waals surface area contributed by atoms with Crippen molar-refractivity contribution in [3.05, 3.63) is 63.8 Å². The van der Waals surface area contributed by atoms with Crippen LogP contribution in [0.3, 0.4) is 0 Å². The molecule has 0 radical (unpaired) electrons. The molecule has 0 saturated carbocycles. The summed E-state index contributed by atoms with van der Waals surface area (Å²) in [6.07, 6.45) is 1.88. The highest BCUT2D eigenvalue weighted by atomic mass is 35.5. The minimum absolute atomic E-state index is 0.0953. The molecule has 0 bridgehead atoms. The van der Waals surface area contributed by atoms with Crippen molar-refractivity contribution >= 4 is 40.0 Å². The molecule has 0 aliphatic heterocycles. The Balaban J connectivity index is 1.97. The lowest BCUT2D eigenvalue weighted by Crippen LogP contribution is -1.86. The van der Waals surface area contributed by atoms with Crippen LogP contribution >= 0.6 is 23.4 Å². The molecule has 1 N–H and O–H groups in total. The highest BCUT2D eigenvalue weighted by molar-refractivity contribution is 7.99. The second kappa shape index (κ2) is 5.19. The van der Waals surface area contributed by atoms with Gasteiger partial charge in [-0.1, -0.05) is 35.5 Å². The Morgan fingerprint density at radius 3 is 2.85 bits per heavy atom. The van der Waals surface area contributed by atoms with E-state index in [1.54, 1.807) is 12.1 Å². The molecule has 2 aromatic carbocycles. The van der Waals surface area contributed by atoms with E-state index in [1.807, 2.05) is 30.5 Å². The summed E-state index contributed by atoms with van der Waals surface area (Å²) in [5.74, 6) is 0. The van der Waals surface area contributed by atoms with E-state index >= 15 is 0 Å². The van der Waals surface area contributed by atoms with Gasteiger partial charge in [0.15, 0.2) is 0 Å². The summed E-state index contributed by atoms with van der Waals surface area (Å²) < 4.78 is 0. The average molecular weight is 305 g/mol. The van der Waals surface area contributed by atoms with Gasteiger partial charge < -0.3 is 4.98 Å². The maximum Gasteiger partial charge on any atom is 0.270 e. The number of aromatic nitrogens is 1. The molecule has 6 heteroatoms. The zero-order valence-electron chi connectivity index (χ0n) is 10.2. The number of nitro groups is 1. The van der Waals surface area contributed by atoms with E-state index in [4.69, 9.17) is 11.6 Å². The van der Waals surface area contributed by atoms with Gasteiger partial charge in [-0.15, -0.1) is 0 Å². The van der Waals surface area contributed by atoms with E-state index in [-0.39, 0.29) is 10.6 Å². The monoisotopic (exact) mass is 304 g/mol. The fourth-order valence-electron chi connectivity index (χ4n) is 1.94. The smallest absolute Gasteiger partial charge is 0.270 e. The minimum Gasteiger partial charge on any atom is -0.360 e. The van der Waals surface area contributed by atoms with Crippen molar-refractivity contribution in [3.63, 3.8) is 0 Å². The molecule has 0 spiro atoms. The summed E-state index contributed by atoms with van der Waals surface area (Å²) in [5, 5.41) is 12.5. The number of fused-ring (bicyclic) bond motifs is 1. The highest BCUT2D eigenvalue weighted by Gasteiger charge is 2.09. The Hall–Kier alpha value is -1.98. The molecule has 0 amide bonds. The third kappa shape index (κ3) is 2.50. The number of H-pyrrole nitrogens is 1.